The monoisotopic (exact) mass is 233 g/mol. The van der Waals surface area contributed by atoms with E-state index in [9.17, 15) is 0 Å². The maximum absolute atomic E-state index is 7.73. The van der Waals surface area contributed by atoms with E-state index in [1.807, 2.05) is 30.3 Å². The van der Waals surface area contributed by atoms with Crippen molar-refractivity contribution in [3.8, 4) is 0 Å². The summed E-state index contributed by atoms with van der Waals surface area (Å²) in [6.07, 6.45) is 0. The predicted molar refractivity (Wildman–Crippen MR) is 68.4 cm³/mol. The van der Waals surface area contributed by atoms with E-state index in [0.717, 1.165) is 38.4 Å². The van der Waals surface area contributed by atoms with Crippen LogP contribution < -0.4 is 5.73 Å². The van der Waals surface area contributed by atoms with Gasteiger partial charge >= 0.3 is 0 Å². The van der Waals surface area contributed by atoms with Crippen LogP contribution in [0.15, 0.2) is 30.3 Å². The molecule has 1 heterocycles. The Morgan fingerprint density at radius 2 is 1.94 bits per heavy atom. The Labute approximate surface area is 102 Å². The molecule has 0 saturated carbocycles. The van der Waals surface area contributed by atoms with Crippen LogP contribution in [0.1, 0.15) is 11.5 Å². The SMILES string of the molecule is N=C(N)C(CN1CCOCC1)c1ccccc1. The van der Waals surface area contributed by atoms with E-state index in [2.05, 4.69) is 4.90 Å². The van der Waals surface area contributed by atoms with E-state index >= 15 is 0 Å². The number of nitrogens with zero attached hydrogens (tertiary/aromatic N) is 1. The standard InChI is InChI=1S/C13H19N3O/c14-13(15)12(11-4-2-1-3-5-11)10-16-6-8-17-9-7-16/h1-5,12H,6-10H2,(H3,14,15). The Kier molecular flexibility index (Phi) is 4.12. The van der Waals surface area contributed by atoms with Crippen LogP contribution >= 0.6 is 0 Å². The molecule has 1 aliphatic heterocycles. The zero-order valence-corrected chi connectivity index (χ0v) is 9.93. The number of hydrogen-bond acceptors (Lipinski definition) is 3. The van der Waals surface area contributed by atoms with Gasteiger partial charge in [-0.15, -0.1) is 0 Å². The van der Waals surface area contributed by atoms with Crippen molar-refractivity contribution in [1.82, 2.24) is 4.90 Å². The van der Waals surface area contributed by atoms with Crippen LogP contribution in [-0.4, -0.2) is 43.6 Å². The number of nitrogens with one attached hydrogen (secondary N) is 1. The highest BCUT2D eigenvalue weighted by Crippen LogP contribution is 2.17. The Morgan fingerprint density at radius 1 is 1.29 bits per heavy atom. The van der Waals surface area contributed by atoms with Gasteiger partial charge in [0.1, 0.15) is 0 Å². The van der Waals surface area contributed by atoms with E-state index in [-0.39, 0.29) is 11.8 Å². The quantitative estimate of drug-likeness (QED) is 0.603. The Balaban J connectivity index is 2.05. The first kappa shape index (κ1) is 12.1. The van der Waals surface area contributed by atoms with E-state index in [4.69, 9.17) is 15.9 Å². The summed E-state index contributed by atoms with van der Waals surface area (Å²) < 4.78 is 5.32. The van der Waals surface area contributed by atoms with Gasteiger partial charge in [-0.1, -0.05) is 30.3 Å². The summed E-state index contributed by atoms with van der Waals surface area (Å²) >= 11 is 0. The fraction of sp³-hybridized carbons (Fsp3) is 0.462. The van der Waals surface area contributed by atoms with Crippen molar-refractivity contribution in [2.24, 2.45) is 5.73 Å². The maximum Gasteiger partial charge on any atom is 0.0995 e. The predicted octanol–water partition coefficient (Wildman–Crippen LogP) is 1.04. The highest BCUT2D eigenvalue weighted by molar-refractivity contribution is 5.84. The van der Waals surface area contributed by atoms with Crippen LogP contribution in [0.2, 0.25) is 0 Å². The van der Waals surface area contributed by atoms with Crippen molar-refractivity contribution in [2.75, 3.05) is 32.8 Å². The average molecular weight is 233 g/mol. The first-order chi connectivity index (χ1) is 8.27. The van der Waals surface area contributed by atoms with Gasteiger partial charge in [0.2, 0.25) is 0 Å². The average Bonchev–Trinajstić information content (AvgIpc) is 2.38. The van der Waals surface area contributed by atoms with Gasteiger partial charge in [0.05, 0.1) is 25.0 Å². The number of ether oxygens (including phenoxy) is 1. The molecule has 2 rings (SSSR count). The van der Waals surface area contributed by atoms with Gasteiger partial charge in [-0.2, -0.15) is 0 Å². The van der Waals surface area contributed by atoms with Gasteiger partial charge in [0, 0.05) is 19.6 Å². The second kappa shape index (κ2) is 5.80. The lowest BCUT2D eigenvalue weighted by Crippen LogP contribution is -2.41. The van der Waals surface area contributed by atoms with E-state index < -0.39 is 0 Å². The fourth-order valence-corrected chi connectivity index (χ4v) is 2.11. The zero-order chi connectivity index (χ0) is 12.1. The van der Waals surface area contributed by atoms with Crippen molar-refractivity contribution in [3.63, 3.8) is 0 Å². The summed E-state index contributed by atoms with van der Waals surface area (Å²) in [5, 5.41) is 7.73. The Morgan fingerprint density at radius 3 is 2.53 bits per heavy atom. The normalized spacial score (nSPS) is 18.8. The van der Waals surface area contributed by atoms with Crippen LogP contribution in [0.25, 0.3) is 0 Å². The van der Waals surface area contributed by atoms with Gasteiger partial charge in [-0.25, -0.2) is 0 Å². The first-order valence-electron chi connectivity index (χ1n) is 5.96. The third kappa shape index (κ3) is 3.28. The summed E-state index contributed by atoms with van der Waals surface area (Å²) in [6.45, 7) is 4.22. The largest absolute Gasteiger partial charge is 0.387 e. The molecule has 0 aliphatic carbocycles. The van der Waals surface area contributed by atoms with Crippen LogP contribution in [0.4, 0.5) is 0 Å². The number of hydrogen-bond donors (Lipinski definition) is 2. The first-order valence-corrected chi connectivity index (χ1v) is 5.96. The number of amidine groups is 1. The van der Waals surface area contributed by atoms with Crippen LogP contribution in [0, 0.1) is 5.41 Å². The number of benzene rings is 1. The maximum atomic E-state index is 7.73. The van der Waals surface area contributed by atoms with Crippen LogP contribution in [0.3, 0.4) is 0 Å². The summed E-state index contributed by atoms with van der Waals surface area (Å²) in [7, 11) is 0. The molecule has 0 bridgehead atoms. The van der Waals surface area contributed by atoms with Crippen molar-refractivity contribution < 1.29 is 4.74 Å². The molecule has 1 aliphatic rings. The third-order valence-electron chi connectivity index (χ3n) is 3.12. The van der Waals surface area contributed by atoms with Gasteiger partial charge in [-0.05, 0) is 5.56 Å². The third-order valence-corrected chi connectivity index (χ3v) is 3.12. The Hall–Kier alpha value is -1.39. The minimum absolute atomic E-state index is 0.00528. The second-order valence-electron chi connectivity index (χ2n) is 4.33. The van der Waals surface area contributed by atoms with Crippen molar-refractivity contribution >= 4 is 5.84 Å². The van der Waals surface area contributed by atoms with Gasteiger partial charge in [0.15, 0.2) is 0 Å². The summed E-state index contributed by atoms with van der Waals surface area (Å²) in [6, 6.07) is 10.0. The summed E-state index contributed by atoms with van der Waals surface area (Å²) in [4.78, 5) is 2.31. The zero-order valence-electron chi connectivity index (χ0n) is 9.93. The number of nitrogens with two attached hydrogens (primary N) is 1. The molecule has 92 valence electrons. The van der Waals surface area contributed by atoms with Crippen molar-refractivity contribution in [3.05, 3.63) is 35.9 Å². The fourth-order valence-electron chi connectivity index (χ4n) is 2.11. The summed E-state index contributed by atoms with van der Waals surface area (Å²) in [5.74, 6) is 0.233. The summed E-state index contributed by atoms with van der Waals surface area (Å²) in [5.41, 5.74) is 6.83. The van der Waals surface area contributed by atoms with E-state index in [1.54, 1.807) is 0 Å². The lowest BCUT2D eigenvalue weighted by atomic mass is 9.97. The molecule has 0 spiro atoms. The molecular weight excluding hydrogens is 214 g/mol. The van der Waals surface area contributed by atoms with Crippen LogP contribution in [0.5, 0.6) is 0 Å². The van der Waals surface area contributed by atoms with Gasteiger partial charge in [0.25, 0.3) is 0 Å². The van der Waals surface area contributed by atoms with Gasteiger partial charge < -0.3 is 10.5 Å². The molecule has 1 aromatic rings. The molecule has 1 unspecified atom stereocenters. The number of rotatable bonds is 4. The molecular formula is C13H19N3O. The highest BCUT2D eigenvalue weighted by Gasteiger charge is 2.20. The molecule has 0 aromatic heterocycles. The van der Waals surface area contributed by atoms with Crippen LogP contribution in [-0.2, 0) is 4.74 Å². The molecule has 0 radical (unpaired) electrons. The molecule has 4 heteroatoms. The molecule has 1 saturated heterocycles. The van der Waals surface area contributed by atoms with Gasteiger partial charge in [-0.3, -0.25) is 10.3 Å². The Bertz CT molecular complexity index is 360. The lowest BCUT2D eigenvalue weighted by Gasteiger charge is -2.30. The molecule has 17 heavy (non-hydrogen) atoms. The highest BCUT2D eigenvalue weighted by atomic mass is 16.5. The van der Waals surface area contributed by atoms with Crippen molar-refractivity contribution in [2.45, 2.75) is 5.92 Å². The van der Waals surface area contributed by atoms with E-state index in [1.165, 1.54) is 0 Å². The molecule has 3 N–H and O–H groups in total. The van der Waals surface area contributed by atoms with Crippen molar-refractivity contribution in [1.29, 1.82) is 5.41 Å². The number of morpholine rings is 1. The van der Waals surface area contributed by atoms with E-state index in [0.29, 0.717) is 0 Å². The molecule has 1 aromatic carbocycles. The molecule has 4 nitrogen and oxygen atoms in total. The topological polar surface area (TPSA) is 62.3 Å². The minimum atomic E-state index is -0.00528. The molecule has 0 amide bonds. The lowest BCUT2D eigenvalue weighted by molar-refractivity contribution is 0.0373. The molecule has 1 fully saturated rings. The minimum Gasteiger partial charge on any atom is -0.387 e. The smallest absolute Gasteiger partial charge is 0.0995 e. The molecule has 1 atom stereocenters. The second-order valence-corrected chi connectivity index (χ2v) is 4.33.